The molecule has 0 radical (unpaired) electrons. The van der Waals surface area contributed by atoms with Gasteiger partial charge in [0.25, 0.3) is 11.5 Å². The molecule has 1 aliphatic rings. The van der Waals surface area contributed by atoms with Crippen molar-refractivity contribution in [2.24, 2.45) is 7.05 Å². The van der Waals surface area contributed by atoms with Crippen LogP contribution in [0, 0.1) is 6.92 Å². The molecule has 3 heterocycles. The minimum atomic E-state index is -0.366. The monoisotopic (exact) mass is 689 g/mol. The van der Waals surface area contributed by atoms with Gasteiger partial charge < -0.3 is 4.74 Å². The van der Waals surface area contributed by atoms with Crippen molar-refractivity contribution in [2.75, 3.05) is 4.90 Å². The van der Waals surface area contributed by atoms with Gasteiger partial charge in [-0.15, -0.1) is 0 Å². The molecule has 1 amide bonds. The number of hydrogen-bond donors (Lipinski definition) is 0. The summed E-state index contributed by atoms with van der Waals surface area (Å²) in [6.45, 7) is 2.18. The van der Waals surface area contributed by atoms with Crippen molar-refractivity contribution in [3.05, 3.63) is 152 Å². The number of benzene rings is 4. The average molecular weight is 690 g/mol. The first-order valence-corrected chi connectivity index (χ1v) is 16.6. The normalized spacial score (nSPS) is 13.9. The van der Waals surface area contributed by atoms with E-state index in [4.69, 9.17) is 33.7 Å². The van der Waals surface area contributed by atoms with Crippen LogP contribution < -0.4 is 15.2 Å². The van der Waals surface area contributed by atoms with Gasteiger partial charge in [0, 0.05) is 29.4 Å². The Balaban J connectivity index is 1.25. The second-order valence-corrected chi connectivity index (χ2v) is 13.2. The van der Waals surface area contributed by atoms with Crippen molar-refractivity contribution in [3.63, 3.8) is 0 Å². The summed E-state index contributed by atoms with van der Waals surface area (Å²) in [5, 5.41) is 5.61. The molecule has 0 aliphatic carbocycles. The minimum Gasteiger partial charge on any atom is -0.489 e. The molecule has 1 saturated heterocycles. The summed E-state index contributed by atoms with van der Waals surface area (Å²) in [6.07, 6.45) is 3.67. The van der Waals surface area contributed by atoms with Gasteiger partial charge in [-0.3, -0.25) is 19.2 Å². The number of anilines is 1. The molecule has 8 nitrogen and oxygen atoms in total. The summed E-state index contributed by atoms with van der Waals surface area (Å²) in [4.78, 5) is 29.5. The van der Waals surface area contributed by atoms with Gasteiger partial charge in [-0.1, -0.05) is 96.2 Å². The Morgan fingerprint density at radius 2 is 1.58 bits per heavy atom. The van der Waals surface area contributed by atoms with E-state index in [-0.39, 0.29) is 21.5 Å². The maximum atomic E-state index is 14.0. The molecule has 0 unspecified atom stereocenters. The van der Waals surface area contributed by atoms with Crippen LogP contribution in [0.3, 0.4) is 0 Å². The summed E-state index contributed by atoms with van der Waals surface area (Å²) in [5.74, 6) is 0.303. The molecular formula is C37H28ClN5O3S2. The molecule has 7 rings (SSSR count). The van der Waals surface area contributed by atoms with Crippen LogP contribution >= 0.6 is 35.6 Å². The van der Waals surface area contributed by atoms with Gasteiger partial charge >= 0.3 is 0 Å². The first-order valence-electron chi connectivity index (χ1n) is 15.0. The van der Waals surface area contributed by atoms with E-state index in [0.717, 1.165) is 28.6 Å². The van der Waals surface area contributed by atoms with Gasteiger partial charge in [-0.2, -0.15) is 5.10 Å². The van der Waals surface area contributed by atoms with Gasteiger partial charge in [0.15, 0.2) is 4.32 Å². The van der Waals surface area contributed by atoms with Crippen LogP contribution in [-0.2, 0) is 18.4 Å². The van der Waals surface area contributed by atoms with E-state index in [0.29, 0.717) is 44.9 Å². The average Bonchev–Trinajstić information content (AvgIpc) is 3.72. The van der Waals surface area contributed by atoms with E-state index in [2.05, 4.69) is 0 Å². The predicted molar refractivity (Wildman–Crippen MR) is 196 cm³/mol. The lowest BCUT2D eigenvalue weighted by atomic mass is 10.1. The first-order chi connectivity index (χ1) is 23.3. The number of thioether (sulfide) groups is 1. The van der Waals surface area contributed by atoms with Crippen LogP contribution in [0.4, 0.5) is 5.69 Å². The van der Waals surface area contributed by atoms with Crippen LogP contribution in [0.5, 0.6) is 5.75 Å². The molecule has 4 aromatic carbocycles. The van der Waals surface area contributed by atoms with Crippen LogP contribution in [-0.4, -0.2) is 29.4 Å². The quantitative estimate of drug-likeness (QED) is 0.119. The minimum absolute atomic E-state index is 0.234. The highest BCUT2D eigenvalue weighted by Crippen LogP contribution is 2.38. The highest BCUT2D eigenvalue weighted by atomic mass is 35.5. The SMILES string of the molecule is Cc1c(N2C(=O)/C(=C/c3cn(-c4ccccc4)nc3-c3cccc(OCc4ccc(Cl)cc4)c3)SC2=S)c(=O)n(-c2ccccc2)n1C. The Labute approximate surface area is 291 Å². The number of hydrogen-bond acceptors (Lipinski definition) is 6. The number of amides is 1. The van der Waals surface area contributed by atoms with Gasteiger partial charge in [0.2, 0.25) is 0 Å². The number of ether oxygens (including phenoxy) is 1. The Hall–Kier alpha value is -5.16. The third-order valence-electron chi connectivity index (χ3n) is 8.02. The molecule has 1 fully saturated rings. The number of para-hydroxylation sites is 2. The molecule has 2 aromatic heterocycles. The number of aromatic nitrogens is 4. The molecule has 1 aliphatic heterocycles. The number of thiocarbonyl (C=S) groups is 1. The van der Waals surface area contributed by atoms with E-state index in [1.54, 1.807) is 22.5 Å². The maximum absolute atomic E-state index is 14.0. The molecule has 6 aromatic rings. The zero-order valence-electron chi connectivity index (χ0n) is 25.9. The Morgan fingerprint density at radius 1 is 0.896 bits per heavy atom. The molecule has 0 saturated carbocycles. The molecule has 48 heavy (non-hydrogen) atoms. The number of carbonyl (C=O) groups is 1. The van der Waals surface area contributed by atoms with Crippen LogP contribution in [0.2, 0.25) is 5.02 Å². The maximum Gasteiger partial charge on any atom is 0.296 e. The van der Waals surface area contributed by atoms with E-state index in [1.165, 1.54) is 9.58 Å². The highest BCUT2D eigenvalue weighted by molar-refractivity contribution is 8.27. The molecule has 0 atom stereocenters. The lowest BCUT2D eigenvalue weighted by Gasteiger charge is -2.12. The van der Waals surface area contributed by atoms with Gasteiger partial charge in [0.05, 0.1) is 22.0 Å². The fourth-order valence-electron chi connectivity index (χ4n) is 5.52. The zero-order valence-corrected chi connectivity index (χ0v) is 28.3. The third kappa shape index (κ3) is 6.01. The standard InChI is InChI=1S/C37H28ClN5O3S2/c1-24-34(36(45)43(40(24)2)30-13-7-4-8-14-30)42-35(44)32(48-37(42)47)21-27-22-41(29-11-5-3-6-12-29)39-33(27)26-10-9-15-31(20-26)46-23-25-16-18-28(38)19-17-25/h3-22H,23H2,1-2H3/b32-21-. The Bertz CT molecular complexity index is 2260. The molecule has 0 bridgehead atoms. The van der Waals surface area contributed by atoms with Gasteiger partial charge in [0.1, 0.15) is 23.7 Å². The lowest BCUT2D eigenvalue weighted by Crippen LogP contribution is -2.33. The van der Waals surface area contributed by atoms with Gasteiger partial charge in [-0.05, 0) is 67.1 Å². The van der Waals surface area contributed by atoms with Crippen molar-refractivity contribution in [3.8, 4) is 28.4 Å². The van der Waals surface area contributed by atoms with Crippen molar-refractivity contribution in [1.29, 1.82) is 0 Å². The second kappa shape index (κ2) is 13.2. The predicted octanol–water partition coefficient (Wildman–Crippen LogP) is 7.98. The van der Waals surface area contributed by atoms with E-state index < -0.39 is 0 Å². The summed E-state index contributed by atoms with van der Waals surface area (Å²) in [6, 6.07) is 34.2. The Morgan fingerprint density at radius 3 is 2.29 bits per heavy atom. The van der Waals surface area contributed by atoms with Gasteiger partial charge in [-0.25, -0.2) is 9.36 Å². The van der Waals surface area contributed by atoms with E-state index in [9.17, 15) is 9.59 Å². The molecule has 11 heteroatoms. The zero-order chi connectivity index (χ0) is 33.4. The fourth-order valence-corrected chi connectivity index (χ4v) is 6.91. The van der Waals surface area contributed by atoms with Crippen LogP contribution in [0.1, 0.15) is 16.8 Å². The molecule has 0 spiro atoms. The lowest BCUT2D eigenvalue weighted by molar-refractivity contribution is -0.113. The van der Waals surface area contributed by atoms with E-state index in [1.807, 2.05) is 122 Å². The van der Waals surface area contributed by atoms with Crippen molar-refractivity contribution in [1.82, 2.24) is 19.1 Å². The van der Waals surface area contributed by atoms with Crippen LogP contribution in [0.25, 0.3) is 28.7 Å². The smallest absolute Gasteiger partial charge is 0.296 e. The second-order valence-electron chi connectivity index (χ2n) is 11.1. The summed E-state index contributed by atoms with van der Waals surface area (Å²) >= 11 is 12.9. The largest absolute Gasteiger partial charge is 0.489 e. The number of rotatable bonds is 8. The summed E-state index contributed by atoms with van der Waals surface area (Å²) in [7, 11) is 1.79. The Kier molecular flexibility index (Phi) is 8.62. The van der Waals surface area contributed by atoms with Crippen molar-refractivity contribution in [2.45, 2.75) is 13.5 Å². The topological polar surface area (TPSA) is 74.3 Å². The highest BCUT2D eigenvalue weighted by Gasteiger charge is 2.38. The van der Waals surface area contributed by atoms with Crippen LogP contribution in [0.15, 0.2) is 125 Å². The van der Waals surface area contributed by atoms with E-state index >= 15 is 0 Å². The molecule has 238 valence electrons. The summed E-state index contributed by atoms with van der Waals surface area (Å²) in [5.41, 5.74) is 5.25. The number of halogens is 1. The fraction of sp³-hybridized carbons (Fsp3) is 0.0811. The molecular weight excluding hydrogens is 662 g/mol. The number of nitrogens with zero attached hydrogens (tertiary/aromatic N) is 5. The van der Waals surface area contributed by atoms with Crippen molar-refractivity contribution < 1.29 is 9.53 Å². The first kappa shape index (κ1) is 31.4. The number of carbonyl (C=O) groups excluding carboxylic acids is 1. The summed E-state index contributed by atoms with van der Waals surface area (Å²) < 4.78 is 11.4. The van der Waals surface area contributed by atoms with Crippen molar-refractivity contribution >= 4 is 57.6 Å². The third-order valence-corrected chi connectivity index (χ3v) is 9.57. The molecule has 0 N–H and O–H groups in total.